The third-order valence-corrected chi connectivity index (χ3v) is 6.35. The molecule has 5 atom stereocenters. The molecule has 120 valence electrons. The van der Waals surface area contributed by atoms with Crippen LogP contribution in [0, 0.1) is 11.8 Å². The summed E-state index contributed by atoms with van der Waals surface area (Å²) in [6, 6.07) is 6.93. The number of hydrogen-bond donors (Lipinski definition) is 3. The van der Waals surface area contributed by atoms with Gasteiger partial charge in [-0.15, -0.1) is 0 Å². The van der Waals surface area contributed by atoms with Gasteiger partial charge in [0.25, 0.3) is 0 Å². The van der Waals surface area contributed by atoms with Crippen LogP contribution < -0.4 is 16.2 Å². The smallest absolute Gasteiger partial charge is 0.220 e. The van der Waals surface area contributed by atoms with Crippen molar-refractivity contribution in [2.24, 2.45) is 11.8 Å². The van der Waals surface area contributed by atoms with Gasteiger partial charge in [0.2, 0.25) is 5.91 Å². The third-order valence-electron chi connectivity index (χ3n) is 5.81. The van der Waals surface area contributed by atoms with E-state index in [-0.39, 0.29) is 17.9 Å². The number of rotatable bonds is 1. The second-order valence-electron chi connectivity index (χ2n) is 6.99. The molecule has 5 rings (SSSR count). The van der Waals surface area contributed by atoms with Gasteiger partial charge in [0.15, 0.2) is 0 Å². The summed E-state index contributed by atoms with van der Waals surface area (Å²) in [5.41, 5.74) is 9.79. The molecule has 2 saturated heterocycles. The molecule has 3 heterocycles. The first-order valence-corrected chi connectivity index (χ1v) is 9.01. The normalized spacial score (nSPS) is 36.5. The predicted molar refractivity (Wildman–Crippen MR) is 87.8 cm³/mol. The summed E-state index contributed by atoms with van der Waals surface area (Å²) in [5.74, 6) is 1.56. The lowest BCUT2D eigenvalue weighted by Gasteiger charge is -2.45. The van der Waals surface area contributed by atoms with Crippen LogP contribution >= 0.6 is 11.7 Å². The SMILES string of the molecule is O=C1CC(c2cccc3nsnc23)C2CC3CNNC3CC2N1. The standard InChI is InChI=1S/C16H19N5OS/c22-15-5-10(9-2-1-3-12-16(9)21-23-20-12)11-4-8-7-17-19-13(8)6-14(11)18-15/h1-3,8,10-11,13-14,17,19H,4-7H2,(H,18,22). The number of nitrogens with one attached hydrogen (secondary N) is 3. The summed E-state index contributed by atoms with van der Waals surface area (Å²) in [4.78, 5) is 12.3. The number of aromatic nitrogens is 2. The largest absolute Gasteiger partial charge is 0.353 e. The van der Waals surface area contributed by atoms with E-state index in [1.54, 1.807) is 0 Å². The van der Waals surface area contributed by atoms with Crippen LogP contribution in [0.15, 0.2) is 18.2 Å². The lowest BCUT2D eigenvalue weighted by molar-refractivity contribution is -0.126. The number of benzene rings is 1. The highest BCUT2D eigenvalue weighted by atomic mass is 32.1. The number of amides is 1. The molecule has 6 nitrogen and oxygen atoms in total. The second kappa shape index (κ2) is 5.22. The molecule has 3 N–H and O–H groups in total. The monoisotopic (exact) mass is 329 g/mol. The zero-order valence-corrected chi connectivity index (χ0v) is 13.5. The summed E-state index contributed by atoms with van der Waals surface area (Å²) < 4.78 is 8.86. The third kappa shape index (κ3) is 2.18. The maximum Gasteiger partial charge on any atom is 0.220 e. The van der Waals surface area contributed by atoms with E-state index in [2.05, 4.69) is 31.0 Å². The first kappa shape index (κ1) is 13.8. The van der Waals surface area contributed by atoms with Gasteiger partial charge in [-0.1, -0.05) is 12.1 Å². The topological polar surface area (TPSA) is 78.9 Å². The number of piperidine rings is 1. The minimum atomic E-state index is 0.167. The Morgan fingerprint density at radius 3 is 3.09 bits per heavy atom. The van der Waals surface area contributed by atoms with Gasteiger partial charge in [-0.25, -0.2) is 0 Å². The van der Waals surface area contributed by atoms with E-state index in [1.807, 2.05) is 12.1 Å². The molecular formula is C16H19N5OS. The highest BCUT2D eigenvalue weighted by molar-refractivity contribution is 7.00. The van der Waals surface area contributed by atoms with Crippen LogP contribution in [0.5, 0.6) is 0 Å². The van der Waals surface area contributed by atoms with Gasteiger partial charge in [-0.05, 0) is 42.2 Å². The quantitative estimate of drug-likeness (QED) is 0.732. The van der Waals surface area contributed by atoms with Crippen LogP contribution in [0.3, 0.4) is 0 Å². The average Bonchev–Trinajstić information content (AvgIpc) is 3.20. The first-order chi connectivity index (χ1) is 11.3. The number of hydrogen-bond acceptors (Lipinski definition) is 6. The summed E-state index contributed by atoms with van der Waals surface area (Å²) >= 11 is 1.26. The van der Waals surface area contributed by atoms with Crippen LogP contribution in [0.2, 0.25) is 0 Å². The van der Waals surface area contributed by atoms with Crippen LogP contribution in [0.4, 0.5) is 0 Å². The molecule has 0 bridgehead atoms. The Labute approximate surface area is 138 Å². The summed E-state index contributed by atoms with van der Waals surface area (Å²) in [7, 11) is 0. The number of nitrogens with zero attached hydrogens (tertiary/aromatic N) is 2. The van der Waals surface area contributed by atoms with Crippen LogP contribution in [-0.4, -0.2) is 33.3 Å². The van der Waals surface area contributed by atoms with Crippen molar-refractivity contribution in [2.45, 2.75) is 37.3 Å². The molecule has 1 amide bonds. The van der Waals surface area contributed by atoms with E-state index in [0.717, 1.165) is 30.4 Å². The van der Waals surface area contributed by atoms with E-state index in [0.29, 0.717) is 24.3 Å². The maximum absolute atomic E-state index is 12.3. The van der Waals surface area contributed by atoms with Gasteiger partial charge in [0.05, 0.1) is 11.7 Å². The van der Waals surface area contributed by atoms with Crippen molar-refractivity contribution in [1.29, 1.82) is 0 Å². The van der Waals surface area contributed by atoms with Crippen molar-refractivity contribution in [1.82, 2.24) is 24.9 Å². The minimum absolute atomic E-state index is 0.167. The van der Waals surface area contributed by atoms with Crippen LogP contribution in [-0.2, 0) is 4.79 Å². The van der Waals surface area contributed by atoms with Crippen LogP contribution in [0.1, 0.15) is 30.7 Å². The fourth-order valence-corrected chi connectivity index (χ4v) is 5.29. The van der Waals surface area contributed by atoms with E-state index < -0.39 is 0 Å². The highest BCUT2D eigenvalue weighted by Gasteiger charge is 2.46. The molecule has 2 aliphatic heterocycles. The zero-order chi connectivity index (χ0) is 15.4. The van der Waals surface area contributed by atoms with Crippen molar-refractivity contribution < 1.29 is 4.79 Å². The van der Waals surface area contributed by atoms with Crippen LogP contribution in [0.25, 0.3) is 11.0 Å². The van der Waals surface area contributed by atoms with Gasteiger partial charge < -0.3 is 5.32 Å². The van der Waals surface area contributed by atoms with Gasteiger partial charge >= 0.3 is 0 Å². The second-order valence-corrected chi connectivity index (χ2v) is 7.52. The molecule has 3 aliphatic rings. The molecule has 2 aromatic rings. The highest BCUT2D eigenvalue weighted by Crippen LogP contribution is 2.44. The zero-order valence-electron chi connectivity index (χ0n) is 12.7. The lowest BCUT2D eigenvalue weighted by Crippen LogP contribution is -2.55. The minimum Gasteiger partial charge on any atom is -0.353 e. The van der Waals surface area contributed by atoms with Crippen molar-refractivity contribution >= 4 is 28.7 Å². The summed E-state index contributed by atoms with van der Waals surface area (Å²) in [5, 5.41) is 3.23. The number of carbonyl (C=O) groups excluding carboxylic acids is 1. The van der Waals surface area contributed by atoms with Gasteiger partial charge in [-0.3, -0.25) is 15.6 Å². The average molecular weight is 329 g/mol. The first-order valence-electron chi connectivity index (χ1n) is 8.28. The summed E-state index contributed by atoms with van der Waals surface area (Å²) in [6.45, 7) is 1.02. The molecule has 3 fully saturated rings. The van der Waals surface area contributed by atoms with Crippen molar-refractivity contribution in [3.05, 3.63) is 23.8 Å². The molecule has 7 heteroatoms. The molecule has 23 heavy (non-hydrogen) atoms. The Morgan fingerprint density at radius 2 is 2.13 bits per heavy atom. The van der Waals surface area contributed by atoms with E-state index in [9.17, 15) is 4.79 Å². The molecule has 1 aliphatic carbocycles. The summed E-state index contributed by atoms with van der Waals surface area (Å²) in [6.07, 6.45) is 2.72. The number of carbonyl (C=O) groups is 1. The molecule has 1 saturated carbocycles. The Bertz CT molecular complexity index is 762. The molecule has 0 radical (unpaired) electrons. The Balaban J connectivity index is 1.55. The molecule has 1 aromatic heterocycles. The molecule has 0 spiro atoms. The van der Waals surface area contributed by atoms with Gasteiger partial charge in [-0.2, -0.15) is 8.75 Å². The Kier molecular flexibility index (Phi) is 3.14. The lowest BCUT2D eigenvalue weighted by atomic mass is 9.66. The maximum atomic E-state index is 12.3. The van der Waals surface area contributed by atoms with E-state index in [1.165, 1.54) is 17.3 Å². The van der Waals surface area contributed by atoms with E-state index >= 15 is 0 Å². The number of hydrazine groups is 1. The number of fused-ring (bicyclic) bond motifs is 3. The predicted octanol–water partition coefficient (Wildman–Crippen LogP) is 1.17. The van der Waals surface area contributed by atoms with Crippen molar-refractivity contribution in [3.63, 3.8) is 0 Å². The Hall–Kier alpha value is -1.57. The van der Waals surface area contributed by atoms with Crippen molar-refractivity contribution in [3.8, 4) is 0 Å². The molecular weight excluding hydrogens is 310 g/mol. The Morgan fingerprint density at radius 1 is 1.17 bits per heavy atom. The molecule has 5 unspecified atom stereocenters. The van der Waals surface area contributed by atoms with Gasteiger partial charge in [0, 0.05) is 25.0 Å². The fourth-order valence-electron chi connectivity index (χ4n) is 4.74. The fraction of sp³-hybridized carbons (Fsp3) is 0.562. The van der Waals surface area contributed by atoms with Gasteiger partial charge in [0.1, 0.15) is 11.0 Å². The van der Waals surface area contributed by atoms with Crippen molar-refractivity contribution in [2.75, 3.05) is 6.54 Å². The molecule has 1 aromatic carbocycles. The van der Waals surface area contributed by atoms with E-state index in [4.69, 9.17) is 0 Å².